The Kier molecular flexibility index (Phi) is 10.6. The zero-order chi connectivity index (χ0) is 10.5. The Morgan fingerprint density at radius 1 is 0.714 bits per heavy atom. The molecule has 0 bridgehead atoms. The summed E-state index contributed by atoms with van der Waals surface area (Å²) in [6.45, 7) is 2.95. The van der Waals surface area contributed by atoms with Crippen LogP contribution in [0.4, 0.5) is 0 Å². The van der Waals surface area contributed by atoms with Gasteiger partial charge in [0.05, 0.1) is 39.5 Å². The fourth-order valence-corrected chi connectivity index (χ4v) is 0.648. The molecule has 0 heterocycles. The lowest BCUT2D eigenvalue weighted by atomic mass is 10.7. The van der Waals surface area contributed by atoms with Gasteiger partial charge in [-0.2, -0.15) is 10.2 Å². The maximum atomic E-state index is 5.13. The van der Waals surface area contributed by atoms with E-state index in [4.69, 9.17) is 21.2 Å². The summed E-state index contributed by atoms with van der Waals surface area (Å²) in [4.78, 5) is 0. The first kappa shape index (κ1) is 12.7. The van der Waals surface area contributed by atoms with Gasteiger partial charge >= 0.3 is 0 Å². The summed E-state index contributed by atoms with van der Waals surface area (Å²) >= 11 is 0. The molecule has 0 aromatic heterocycles. The molecule has 0 aromatic rings. The normalized spacial score (nSPS) is 11.7. The number of hydrogen-bond acceptors (Lipinski definition) is 6. The Labute approximate surface area is 82.3 Å². The van der Waals surface area contributed by atoms with Crippen LogP contribution in [0.15, 0.2) is 20.7 Å². The first-order valence-corrected chi connectivity index (χ1v) is 4.20. The Hall–Kier alpha value is -1.28. The highest BCUT2D eigenvalue weighted by atomic mass is 16.5. The van der Waals surface area contributed by atoms with E-state index in [1.165, 1.54) is 0 Å². The molecule has 4 N–H and O–H groups in total. The van der Waals surface area contributed by atoms with Crippen LogP contribution in [0, 0.1) is 0 Å². The van der Waals surface area contributed by atoms with Crippen LogP contribution < -0.4 is 11.7 Å². The van der Waals surface area contributed by atoms with Gasteiger partial charge in [-0.25, -0.2) is 0 Å². The molecule has 0 amide bonds. The zero-order valence-electron chi connectivity index (χ0n) is 8.00. The van der Waals surface area contributed by atoms with Crippen LogP contribution in [-0.2, 0) is 9.47 Å². The third kappa shape index (κ3) is 10.7. The highest BCUT2D eigenvalue weighted by Crippen LogP contribution is 1.81. The number of nitrogens with two attached hydrogens (primary N) is 2. The van der Waals surface area contributed by atoms with Crippen LogP contribution in [-0.4, -0.2) is 39.5 Å². The Bertz CT molecular complexity index is 144. The van der Waals surface area contributed by atoms with Gasteiger partial charge in [0.15, 0.2) is 0 Å². The van der Waals surface area contributed by atoms with Gasteiger partial charge in [0.25, 0.3) is 0 Å². The predicted octanol–water partition coefficient (Wildman–Crippen LogP) is -0.329. The molecule has 0 aromatic carbocycles. The number of hydrogen-bond donors (Lipinski definition) is 2. The van der Waals surface area contributed by atoms with Gasteiger partial charge in [-0.3, -0.25) is 0 Å². The van der Waals surface area contributed by atoms with Gasteiger partial charge in [0.2, 0.25) is 0 Å². The average molecular weight is 204 g/mol. The van der Waals surface area contributed by atoms with E-state index in [1.807, 2.05) is 0 Å². The lowest BCUT2D eigenvalue weighted by Gasteiger charge is -2.02. The van der Waals surface area contributed by atoms with Gasteiger partial charge in [0, 0.05) is 0 Å². The molecule has 0 rings (SSSR count). The van der Waals surface area contributed by atoms with Gasteiger partial charge in [-0.1, -0.05) is 10.4 Å². The van der Waals surface area contributed by atoms with Crippen LogP contribution >= 0.6 is 0 Å². The molecular weight excluding hydrogens is 188 g/mol. The lowest BCUT2D eigenvalue weighted by molar-refractivity contribution is 0.0533. The molecule has 0 aliphatic rings. The van der Waals surface area contributed by atoms with E-state index in [9.17, 15) is 0 Å². The average Bonchev–Trinajstić information content (AvgIpc) is 2.21. The minimum absolute atomic E-state index is 0.470. The van der Waals surface area contributed by atoms with Crippen LogP contribution in [0.1, 0.15) is 0 Å². The van der Waals surface area contributed by atoms with Crippen LogP contribution in [0.2, 0.25) is 0 Å². The second-order valence-electron chi connectivity index (χ2n) is 2.19. The number of rotatable bonds is 9. The third-order valence-electron chi connectivity index (χ3n) is 1.21. The Morgan fingerprint density at radius 2 is 1.14 bits per heavy atom. The van der Waals surface area contributed by atoms with Crippen molar-refractivity contribution in [2.24, 2.45) is 32.4 Å². The summed E-state index contributed by atoms with van der Waals surface area (Å²) in [5.74, 6) is 9.57. The number of nitrogens with zero attached hydrogens (tertiary/aromatic N) is 4. The maximum Gasteiger partial charge on any atom is 0.0854 e. The van der Waals surface area contributed by atoms with E-state index in [-0.39, 0.29) is 0 Å². The largest absolute Gasteiger partial charge is 0.377 e. The van der Waals surface area contributed by atoms with Crippen molar-refractivity contribution in [2.75, 3.05) is 39.5 Å². The molecule has 82 valence electrons. The predicted molar refractivity (Wildman–Crippen MR) is 49.5 cm³/mol. The summed E-state index contributed by atoms with van der Waals surface area (Å²) in [5, 5.41) is 13.2. The van der Waals surface area contributed by atoms with Gasteiger partial charge < -0.3 is 21.2 Å². The smallest absolute Gasteiger partial charge is 0.0854 e. The quantitative estimate of drug-likeness (QED) is 0.231. The minimum Gasteiger partial charge on any atom is -0.377 e. The van der Waals surface area contributed by atoms with Crippen LogP contribution in [0.25, 0.3) is 0 Å². The molecular formula is C6H16N6O2. The topological polar surface area (TPSA) is 120 Å². The standard InChI is InChI=1S/C6H16N6O2/c7-11-9-1-3-13-5-6-14-4-2-10-12-8/h1-6H2,(H2,7,9)(H2,8,10). The van der Waals surface area contributed by atoms with Crippen molar-refractivity contribution in [1.29, 1.82) is 0 Å². The molecule has 0 unspecified atom stereocenters. The van der Waals surface area contributed by atoms with Crippen molar-refractivity contribution < 1.29 is 9.47 Å². The van der Waals surface area contributed by atoms with Crippen LogP contribution in [0.5, 0.6) is 0 Å². The molecule has 0 saturated heterocycles. The highest BCUT2D eigenvalue weighted by molar-refractivity contribution is 4.38. The summed E-state index contributed by atoms with van der Waals surface area (Å²) in [5.41, 5.74) is 0. The van der Waals surface area contributed by atoms with Crippen molar-refractivity contribution in [1.82, 2.24) is 0 Å². The molecule has 8 nitrogen and oxygen atoms in total. The second-order valence-corrected chi connectivity index (χ2v) is 2.19. The van der Waals surface area contributed by atoms with Crippen molar-refractivity contribution >= 4 is 0 Å². The van der Waals surface area contributed by atoms with Gasteiger partial charge in [-0.05, 0) is 0 Å². The van der Waals surface area contributed by atoms with E-state index in [1.54, 1.807) is 0 Å². The molecule has 14 heavy (non-hydrogen) atoms. The maximum absolute atomic E-state index is 5.13. The summed E-state index contributed by atoms with van der Waals surface area (Å²) < 4.78 is 10.3. The first-order valence-electron chi connectivity index (χ1n) is 4.20. The van der Waals surface area contributed by atoms with E-state index in [2.05, 4.69) is 20.7 Å². The lowest BCUT2D eigenvalue weighted by Crippen LogP contribution is -2.08. The monoisotopic (exact) mass is 204 g/mol. The molecule has 8 heteroatoms. The van der Waals surface area contributed by atoms with Crippen molar-refractivity contribution in [3.05, 3.63) is 0 Å². The Balaban J connectivity index is 2.92. The molecule has 0 spiro atoms. The van der Waals surface area contributed by atoms with E-state index in [0.717, 1.165) is 0 Å². The molecule has 0 saturated carbocycles. The molecule has 0 aliphatic heterocycles. The first-order chi connectivity index (χ1) is 6.91. The third-order valence-corrected chi connectivity index (χ3v) is 1.21. The van der Waals surface area contributed by atoms with Crippen LogP contribution in [0.3, 0.4) is 0 Å². The van der Waals surface area contributed by atoms with E-state index < -0.39 is 0 Å². The molecule has 0 aliphatic carbocycles. The summed E-state index contributed by atoms with van der Waals surface area (Å²) in [6.07, 6.45) is 0. The summed E-state index contributed by atoms with van der Waals surface area (Å²) in [6, 6.07) is 0. The van der Waals surface area contributed by atoms with Crippen molar-refractivity contribution in [3.8, 4) is 0 Å². The molecule has 0 atom stereocenters. The fourth-order valence-electron chi connectivity index (χ4n) is 0.648. The summed E-state index contributed by atoms with van der Waals surface area (Å²) in [7, 11) is 0. The molecule has 0 fully saturated rings. The second kappa shape index (κ2) is 11.7. The highest BCUT2D eigenvalue weighted by Gasteiger charge is 1.89. The van der Waals surface area contributed by atoms with Crippen molar-refractivity contribution in [3.63, 3.8) is 0 Å². The number of ether oxygens (including phenoxy) is 2. The minimum atomic E-state index is 0.470. The zero-order valence-corrected chi connectivity index (χ0v) is 8.00. The van der Waals surface area contributed by atoms with Gasteiger partial charge in [0.1, 0.15) is 0 Å². The SMILES string of the molecule is NN=NCCOCCOCCN=NN. The fraction of sp³-hybridized carbons (Fsp3) is 1.00. The Morgan fingerprint density at radius 3 is 1.50 bits per heavy atom. The van der Waals surface area contributed by atoms with Gasteiger partial charge in [-0.15, -0.1) is 0 Å². The molecule has 0 radical (unpaired) electrons. The van der Waals surface area contributed by atoms with E-state index >= 15 is 0 Å². The van der Waals surface area contributed by atoms with Crippen molar-refractivity contribution in [2.45, 2.75) is 0 Å². The van der Waals surface area contributed by atoms with E-state index in [0.29, 0.717) is 39.5 Å².